The molecular weight excluding hydrogens is 563 g/mol. The van der Waals surface area contributed by atoms with Crippen LogP contribution in [0.5, 0.6) is 5.88 Å². The highest BCUT2D eigenvalue weighted by Gasteiger charge is 2.17. The van der Waals surface area contributed by atoms with Gasteiger partial charge in [0.25, 0.3) is 0 Å². The van der Waals surface area contributed by atoms with Crippen LogP contribution in [0.25, 0.3) is 38.1 Å². The van der Waals surface area contributed by atoms with Crippen LogP contribution in [0.1, 0.15) is 27.3 Å². The van der Waals surface area contributed by atoms with Gasteiger partial charge in [-0.25, -0.2) is 24.0 Å². The molecule has 0 N–H and O–H groups in total. The smallest absolute Gasteiger partial charge is 0.337 e. The standard InChI is InChI=1S/C34H27FN4O5/c1-36-28-11-10-24(33-25(28)13-15-43-33)20-44-32-6-4-5-27(38-32)22-8-7-21(26(35)17-22)19-31-37-29-12-9-23(34(40)42-3)18-30(29)39(31)14-16-41-2/h4-13,15,17-18H,14,16,19-20H2,2-3H3. The predicted molar refractivity (Wildman–Crippen MR) is 162 cm³/mol. The number of esters is 1. The van der Waals surface area contributed by atoms with Gasteiger partial charge in [0.1, 0.15) is 23.8 Å². The van der Waals surface area contributed by atoms with Crippen LogP contribution in [-0.4, -0.2) is 41.3 Å². The van der Waals surface area contributed by atoms with Gasteiger partial charge in [-0.3, -0.25) is 0 Å². The first-order chi connectivity index (χ1) is 21.5. The minimum absolute atomic E-state index is 0.192. The van der Waals surface area contributed by atoms with Crippen LogP contribution < -0.4 is 4.74 Å². The van der Waals surface area contributed by atoms with Crippen molar-refractivity contribution < 1.29 is 27.8 Å². The highest BCUT2D eigenvalue weighted by molar-refractivity contribution is 5.94. The summed E-state index contributed by atoms with van der Waals surface area (Å²) in [6, 6.07) is 20.8. The fraction of sp³-hybridized carbons (Fsp3) is 0.176. The summed E-state index contributed by atoms with van der Waals surface area (Å²) in [4.78, 5) is 24.9. The van der Waals surface area contributed by atoms with E-state index in [9.17, 15) is 4.79 Å². The van der Waals surface area contributed by atoms with Crippen molar-refractivity contribution in [1.29, 1.82) is 0 Å². The average molecular weight is 591 g/mol. The Morgan fingerprint density at radius 3 is 2.68 bits per heavy atom. The molecule has 3 aromatic heterocycles. The molecule has 0 amide bonds. The van der Waals surface area contributed by atoms with E-state index in [0.717, 1.165) is 16.5 Å². The summed E-state index contributed by atoms with van der Waals surface area (Å²) in [7, 11) is 2.94. The van der Waals surface area contributed by atoms with Crippen LogP contribution in [0.15, 0.2) is 83.5 Å². The van der Waals surface area contributed by atoms with Crippen LogP contribution in [0.4, 0.5) is 10.1 Å². The summed E-state index contributed by atoms with van der Waals surface area (Å²) in [5.41, 5.74) is 5.38. The van der Waals surface area contributed by atoms with Crippen molar-refractivity contribution in [3.63, 3.8) is 0 Å². The van der Waals surface area contributed by atoms with Gasteiger partial charge in [-0.2, -0.15) is 0 Å². The van der Waals surface area contributed by atoms with E-state index < -0.39 is 11.8 Å². The van der Waals surface area contributed by atoms with E-state index in [0.29, 0.717) is 64.0 Å². The molecule has 0 bridgehead atoms. The third-order valence-electron chi connectivity index (χ3n) is 7.36. The Morgan fingerprint density at radius 1 is 1.02 bits per heavy atom. The molecule has 44 heavy (non-hydrogen) atoms. The van der Waals surface area contributed by atoms with Gasteiger partial charge in [0.05, 0.1) is 48.8 Å². The van der Waals surface area contributed by atoms with Gasteiger partial charge in [-0.15, -0.1) is 0 Å². The number of nitrogens with zero attached hydrogens (tertiary/aromatic N) is 4. The van der Waals surface area contributed by atoms with Crippen LogP contribution in [0, 0.1) is 12.4 Å². The van der Waals surface area contributed by atoms with Crippen LogP contribution in [-0.2, 0) is 29.0 Å². The Bertz CT molecular complexity index is 2040. The van der Waals surface area contributed by atoms with E-state index >= 15 is 4.39 Å². The van der Waals surface area contributed by atoms with Gasteiger partial charge in [-0.05, 0) is 42.0 Å². The second-order valence-electron chi connectivity index (χ2n) is 10.0. The summed E-state index contributed by atoms with van der Waals surface area (Å²) in [5, 5.41) is 0.735. The second-order valence-corrected chi connectivity index (χ2v) is 10.0. The zero-order valence-corrected chi connectivity index (χ0v) is 24.0. The number of pyridine rings is 1. The van der Waals surface area contributed by atoms with Crippen molar-refractivity contribution >= 4 is 33.7 Å². The molecule has 220 valence electrons. The van der Waals surface area contributed by atoms with Gasteiger partial charge in [0.15, 0.2) is 5.69 Å². The maximum absolute atomic E-state index is 15.5. The van der Waals surface area contributed by atoms with Crippen molar-refractivity contribution in [2.75, 3.05) is 20.8 Å². The maximum atomic E-state index is 15.5. The quantitative estimate of drug-likeness (QED) is 0.124. The molecule has 0 aliphatic heterocycles. The Morgan fingerprint density at radius 2 is 1.89 bits per heavy atom. The number of halogens is 1. The molecule has 0 atom stereocenters. The number of rotatable bonds is 10. The average Bonchev–Trinajstić information content (AvgIpc) is 3.68. The first kappa shape index (κ1) is 28.6. The summed E-state index contributed by atoms with van der Waals surface area (Å²) in [6.07, 6.45) is 1.79. The number of imidazole rings is 1. The van der Waals surface area contributed by atoms with Crippen molar-refractivity contribution in [3.8, 4) is 17.1 Å². The largest absolute Gasteiger partial charge is 0.473 e. The molecule has 0 fully saturated rings. The molecule has 3 aromatic carbocycles. The number of hydrogen-bond donors (Lipinski definition) is 0. The normalized spacial score (nSPS) is 11.1. The third kappa shape index (κ3) is 5.61. The van der Waals surface area contributed by atoms with Crippen molar-refractivity contribution in [3.05, 3.63) is 119 Å². The van der Waals surface area contributed by atoms with E-state index in [1.165, 1.54) is 13.2 Å². The molecule has 0 radical (unpaired) electrons. The van der Waals surface area contributed by atoms with Gasteiger partial charge < -0.3 is 23.2 Å². The molecule has 0 aliphatic carbocycles. The lowest BCUT2D eigenvalue weighted by Crippen LogP contribution is -2.10. The van der Waals surface area contributed by atoms with Gasteiger partial charge in [-0.1, -0.05) is 30.3 Å². The first-order valence-electron chi connectivity index (χ1n) is 13.8. The highest BCUT2D eigenvalue weighted by Crippen LogP contribution is 2.31. The van der Waals surface area contributed by atoms with Crippen molar-refractivity contribution in [2.45, 2.75) is 19.6 Å². The number of carbonyl (C=O) groups excluding carboxylic acids is 1. The molecule has 3 heterocycles. The number of furan rings is 1. The fourth-order valence-corrected chi connectivity index (χ4v) is 5.13. The SMILES string of the molecule is [C-]#[N+]c1ccc(COc2cccc(-c3ccc(Cc4nc5ccc(C(=O)OC)cc5n4CCOC)c(F)c3)n2)c2occc12. The number of hydrogen-bond acceptors (Lipinski definition) is 7. The molecule has 6 rings (SSSR count). The van der Waals surface area contributed by atoms with Gasteiger partial charge in [0, 0.05) is 42.7 Å². The van der Waals surface area contributed by atoms with E-state index in [1.807, 2.05) is 10.6 Å². The summed E-state index contributed by atoms with van der Waals surface area (Å²) >= 11 is 0. The molecule has 0 unspecified atom stereocenters. The number of benzene rings is 3. The molecule has 0 saturated carbocycles. The van der Waals surface area contributed by atoms with Crippen LogP contribution in [0.2, 0.25) is 0 Å². The Kier molecular flexibility index (Phi) is 8.04. The molecular formula is C34H27FN4O5. The number of methoxy groups -OCH3 is 2. The first-order valence-corrected chi connectivity index (χ1v) is 13.8. The van der Waals surface area contributed by atoms with Crippen molar-refractivity contribution in [2.24, 2.45) is 0 Å². The predicted octanol–water partition coefficient (Wildman–Crippen LogP) is 7.14. The minimum atomic E-state index is -0.442. The number of aromatic nitrogens is 3. The number of fused-ring (bicyclic) bond motifs is 2. The van der Waals surface area contributed by atoms with E-state index in [1.54, 1.807) is 74.0 Å². The number of carbonyl (C=O) groups is 1. The fourth-order valence-electron chi connectivity index (χ4n) is 5.13. The summed E-state index contributed by atoms with van der Waals surface area (Å²) in [5.74, 6) is 0.188. The zero-order valence-electron chi connectivity index (χ0n) is 24.0. The molecule has 0 spiro atoms. The highest BCUT2D eigenvalue weighted by atomic mass is 19.1. The minimum Gasteiger partial charge on any atom is -0.473 e. The van der Waals surface area contributed by atoms with Crippen LogP contribution in [0.3, 0.4) is 0 Å². The van der Waals surface area contributed by atoms with E-state index in [4.69, 9.17) is 30.2 Å². The topological polar surface area (TPSA) is 93.0 Å². The molecule has 0 saturated heterocycles. The van der Waals surface area contributed by atoms with E-state index in [-0.39, 0.29) is 13.0 Å². The molecule has 10 heteroatoms. The number of ether oxygens (including phenoxy) is 3. The lowest BCUT2D eigenvalue weighted by molar-refractivity contribution is 0.0601. The van der Waals surface area contributed by atoms with Gasteiger partial charge in [0.2, 0.25) is 5.88 Å². The zero-order chi connectivity index (χ0) is 30.6. The molecule has 9 nitrogen and oxygen atoms in total. The van der Waals surface area contributed by atoms with E-state index in [2.05, 4.69) is 9.83 Å². The lowest BCUT2D eigenvalue weighted by atomic mass is 10.1. The monoisotopic (exact) mass is 590 g/mol. The van der Waals surface area contributed by atoms with Crippen molar-refractivity contribution in [1.82, 2.24) is 14.5 Å². The van der Waals surface area contributed by atoms with Gasteiger partial charge >= 0.3 is 5.97 Å². The summed E-state index contributed by atoms with van der Waals surface area (Å²) < 4.78 is 39.1. The summed E-state index contributed by atoms with van der Waals surface area (Å²) in [6.45, 7) is 8.43. The lowest BCUT2D eigenvalue weighted by Gasteiger charge is -2.11. The maximum Gasteiger partial charge on any atom is 0.337 e. The Balaban J connectivity index is 1.23. The molecule has 0 aliphatic rings. The Labute approximate surface area is 252 Å². The Hall–Kier alpha value is -5.53. The third-order valence-corrected chi connectivity index (χ3v) is 7.36. The second kappa shape index (κ2) is 12.4. The van der Waals surface area contributed by atoms with Crippen LogP contribution >= 0.6 is 0 Å². The molecule has 6 aromatic rings.